The number of rotatable bonds is 8. The molecule has 2 aromatic rings. The molecule has 2 aromatic carbocycles. The molecule has 6 heteroatoms. The van der Waals surface area contributed by atoms with Crippen molar-refractivity contribution in [2.45, 2.75) is 25.9 Å². The lowest BCUT2D eigenvalue weighted by molar-refractivity contribution is -0.123. The van der Waals surface area contributed by atoms with Crippen molar-refractivity contribution in [2.24, 2.45) is 11.7 Å². The summed E-state index contributed by atoms with van der Waals surface area (Å²) < 4.78 is 0. The SMILES string of the molecule is NC(=O)C1CCCN(Cc2cccc(CNC(=O)CNc3ccccc3)c2)C1. The summed E-state index contributed by atoms with van der Waals surface area (Å²) in [6.07, 6.45) is 1.88. The van der Waals surface area contributed by atoms with E-state index in [0.29, 0.717) is 6.54 Å². The molecular formula is C22H28N4O2. The zero-order valence-electron chi connectivity index (χ0n) is 16.1. The second-order valence-electron chi connectivity index (χ2n) is 7.29. The number of anilines is 1. The van der Waals surface area contributed by atoms with Crippen molar-refractivity contribution in [3.05, 3.63) is 65.7 Å². The van der Waals surface area contributed by atoms with E-state index in [1.54, 1.807) is 0 Å². The van der Waals surface area contributed by atoms with Gasteiger partial charge in [0.05, 0.1) is 12.5 Å². The lowest BCUT2D eigenvalue weighted by Gasteiger charge is -2.31. The van der Waals surface area contributed by atoms with Gasteiger partial charge in [-0.3, -0.25) is 14.5 Å². The number of carbonyl (C=O) groups excluding carboxylic acids is 2. The molecule has 148 valence electrons. The molecule has 2 amide bonds. The summed E-state index contributed by atoms with van der Waals surface area (Å²) in [5.74, 6) is -0.298. The van der Waals surface area contributed by atoms with Gasteiger partial charge in [-0.15, -0.1) is 0 Å². The van der Waals surface area contributed by atoms with Crippen LogP contribution in [0.1, 0.15) is 24.0 Å². The van der Waals surface area contributed by atoms with Crippen LogP contribution in [0.2, 0.25) is 0 Å². The molecule has 1 saturated heterocycles. The van der Waals surface area contributed by atoms with Crippen LogP contribution in [0.25, 0.3) is 0 Å². The second-order valence-corrected chi connectivity index (χ2v) is 7.29. The summed E-state index contributed by atoms with van der Waals surface area (Å²) >= 11 is 0. The Balaban J connectivity index is 1.46. The number of primary amides is 1. The van der Waals surface area contributed by atoms with E-state index in [1.807, 2.05) is 42.5 Å². The molecule has 3 rings (SSSR count). The lowest BCUT2D eigenvalue weighted by atomic mass is 9.97. The number of hydrogen-bond acceptors (Lipinski definition) is 4. The monoisotopic (exact) mass is 380 g/mol. The number of carbonyl (C=O) groups is 2. The molecule has 1 aliphatic rings. The highest BCUT2D eigenvalue weighted by molar-refractivity contribution is 5.80. The number of para-hydroxylation sites is 1. The topological polar surface area (TPSA) is 87.5 Å². The fourth-order valence-electron chi connectivity index (χ4n) is 3.53. The number of nitrogens with two attached hydrogens (primary N) is 1. The molecule has 28 heavy (non-hydrogen) atoms. The Labute approximate surface area is 166 Å². The van der Waals surface area contributed by atoms with Crippen molar-refractivity contribution in [1.29, 1.82) is 0 Å². The van der Waals surface area contributed by atoms with Crippen LogP contribution in [0.15, 0.2) is 54.6 Å². The average molecular weight is 380 g/mol. The van der Waals surface area contributed by atoms with Crippen LogP contribution in [-0.2, 0) is 22.7 Å². The van der Waals surface area contributed by atoms with E-state index >= 15 is 0 Å². The summed E-state index contributed by atoms with van der Waals surface area (Å²) in [7, 11) is 0. The molecule has 1 heterocycles. The Morgan fingerprint density at radius 3 is 2.64 bits per heavy atom. The van der Waals surface area contributed by atoms with Gasteiger partial charge in [-0.05, 0) is 42.6 Å². The maximum atomic E-state index is 12.1. The van der Waals surface area contributed by atoms with Crippen LogP contribution in [0.4, 0.5) is 5.69 Å². The van der Waals surface area contributed by atoms with Gasteiger partial charge < -0.3 is 16.4 Å². The van der Waals surface area contributed by atoms with E-state index in [2.05, 4.69) is 27.7 Å². The first kappa shape index (κ1) is 19.9. The highest BCUT2D eigenvalue weighted by Gasteiger charge is 2.23. The Hall–Kier alpha value is -2.86. The molecule has 1 unspecified atom stereocenters. The zero-order chi connectivity index (χ0) is 19.8. The smallest absolute Gasteiger partial charge is 0.239 e. The fraction of sp³-hybridized carbons (Fsp3) is 0.364. The number of nitrogens with zero attached hydrogens (tertiary/aromatic N) is 1. The minimum atomic E-state index is -0.203. The number of likely N-dealkylation sites (tertiary alicyclic amines) is 1. The van der Waals surface area contributed by atoms with Crippen molar-refractivity contribution in [3.63, 3.8) is 0 Å². The number of piperidine rings is 1. The third kappa shape index (κ3) is 6.09. The van der Waals surface area contributed by atoms with Gasteiger partial charge in [-0.1, -0.05) is 42.5 Å². The molecule has 0 aromatic heterocycles. The van der Waals surface area contributed by atoms with Gasteiger partial charge in [0.25, 0.3) is 0 Å². The number of hydrogen-bond donors (Lipinski definition) is 3. The Morgan fingerprint density at radius 2 is 1.86 bits per heavy atom. The molecule has 4 N–H and O–H groups in total. The van der Waals surface area contributed by atoms with Crippen LogP contribution < -0.4 is 16.4 Å². The first-order chi connectivity index (χ1) is 13.6. The van der Waals surface area contributed by atoms with Gasteiger partial charge in [-0.2, -0.15) is 0 Å². The molecule has 1 atom stereocenters. The molecule has 0 radical (unpaired) electrons. The highest BCUT2D eigenvalue weighted by Crippen LogP contribution is 2.18. The molecule has 1 fully saturated rings. The van der Waals surface area contributed by atoms with E-state index in [4.69, 9.17) is 5.73 Å². The fourth-order valence-corrected chi connectivity index (χ4v) is 3.53. The van der Waals surface area contributed by atoms with Gasteiger partial charge in [0.15, 0.2) is 0 Å². The summed E-state index contributed by atoms with van der Waals surface area (Å²) in [6, 6.07) is 17.9. The summed E-state index contributed by atoms with van der Waals surface area (Å²) in [5.41, 5.74) is 8.64. The van der Waals surface area contributed by atoms with Crippen molar-refractivity contribution in [3.8, 4) is 0 Å². The van der Waals surface area contributed by atoms with Gasteiger partial charge >= 0.3 is 0 Å². The summed E-state index contributed by atoms with van der Waals surface area (Å²) in [6.45, 7) is 3.23. The molecular weight excluding hydrogens is 352 g/mol. The Kier molecular flexibility index (Phi) is 7.03. The number of nitrogens with one attached hydrogen (secondary N) is 2. The van der Waals surface area contributed by atoms with Gasteiger partial charge in [-0.25, -0.2) is 0 Å². The number of benzene rings is 2. The van der Waals surface area contributed by atoms with Crippen LogP contribution in [-0.4, -0.2) is 36.3 Å². The van der Waals surface area contributed by atoms with Gasteiger partial charge in [0, 0.05) is 25.3 Å². The van der Waals surface area contributed by atoms with E-state index < -0.39 is 0 Å². The summed E-state index contributed by atoms with van der Waals surface area (Å²) in [4.78, 5) is 25.8. The van der Waals surface area contributed by atoms with Crippen LogP contribution in [0.3, 0.4) is 0 Å². The third-order valence-corrected chi connectivity index (χ3v) is 5.02. The molecule has 0 spiro atoms. The molecule has 0 saturated carbocycles. The van der Waals surface area contributed by atoms with E-state index in [0.717, 1.165) is 43.7 Å². The minimum absolute atomic E-state index is 0.0467. The van der Waals surface area contributed by atoms with Crippen molar-refractivity contribution in [2.75, 3.05) is 25.0 Å². The first-order valence-electron chi connectivity index (χ1n) is 9.75. The number of amides is 2. The minimum Gasteiger partial charge on any atom is -0.376 e. The van der Waals surface area contributed by atoms with Crippen LogP contribution >= 0.6 is 0 Å². The Morgan fingerprint density at radius 1 is 1.07 bits per heavy atom. The van der Waals surface area contributed by atoms with Crippen molar-refractivity contribution < 1.29 is 9.59 Å². The molecule has 0 bridgehead atoms. The normalized spacial score (nSPS) is 17.1. The predicted molar refractivity (Wildman–Crippen MR) is 110 cm³/mol. The summed E-state index contributed by atoms with van der Waals surface area (Å²) in [5, 5.41) is 6.05. The quantitative estimate of drug-likeness (QED) is 0.655. The first-order valence-corrected chi connectivity index (χ1v) is 9.75. The largest absolute Gasteiger partial charge is 0.376 e. The molecule has 6 nitrogen and oxygen atoms in total. The van der Waals surface area contributed by atoms with E-state index in [-0.39, 0.29) is 24.3 Å². The van der Waals surface area contributed by atoms with Crippen molar-refractivity contribution >= 4 is 17.5 Å². The predicted octanol–water partition coefficient (Wildman–Crippen LogP) is 2.11. The van der Waals surface area contributed by atoms with Crippen LogP contribution in [0, 0.1) is 5.92 Å². The molecule has 1 aliphatic heterocycles. The maximum absolute atomic E-state index is 12.1. The third-order valence-electron chi connectivity index (χ3n) is 5.02. The van der Waals surface area contributed by atoms with Gasteiger partial charge in [0.1, 0.15) is 0 Å². The molecule has 0 aliphatic carbocycles. The van der Waals surface area contributed by atoms with E-state index in [1.165, 1.54) is 5.56 Å². The lowest BCUT2D eigenvalue weighted by Crippen LogP contribution is -2.40. The van der Waals surface area contributed by atoms with Crippen LogP contribution in [0.5, 0.6) is 0 Å². The maximum Gasteiger partial charge on any atom is 0.239 e. The second kappa shape index (κ2) is 9.90. The van der Waals surface area contributed by atoms with Crippen molar-refractivity contribution in [1.82, 2.24) is 10.2 Å². The Bertz CT molecular complexity index is 794. The highest BCUT2D eigenvalue weighted by atomic mass is 16.2. The van der Waals surface area contributed by atoms with Gasteiger partial charge in [0.2, 0.25) is 11.8 Å². The average Bonchev–Trinajstić information content (AvgIpc) is 2.72. The zero-order valence-corrected chi connectivity index (χ0v) is 16.1. The standard InChI is InChI=1S/C22H28N4O2/c23-22(28)19-8-5-11-26(16-19)15-18-7-4-6-17(12-18)13-25-21(27)14-24-20-9-2-1-3-10-20/h1-4,6-7,9-10,12,19,24H,5,8,11,13-16H2,(H2,23,28)(H,25,27). The van der Waals surface area contributed by atoms with E-state index in [9.17, 15) is 9.59 Å².